The highest BCUT2D eigenvalue weighted by Crippen LogP contribution is 2.43. The molecular weight excluding hydrogens is 701 g/mol. The van der Waals surface area contributed by atoms with E-state index in [1.807, 2.05) is 12.1 Å². The van der Waals surface area contributed by atoms with Crippen molar-refractivity contribution in [2.75, 3.05) is 0 Å². The Hall–Kier alpha value is -7.14. The van der Waals surface area contributed by atoms with Crippen LogP contribution in [0.15, 0.2) is 186 Å². The molecule has 0 aliphatic carbocycles. The molecule has 9 aromatic carbocycles. The van der Waals surface area contributed by atoms with Crippen LogP contribution in [0.5, 0.6) is 0 Å². The summed E-state index contributed by atoms with van der Waals surface area (Å²) < 4.78 is 8.86. The molecule has 0 saturated heterocycles. The van der Waals surface area contributed by atoms with Crippen molar-refractivity contribution in [3.05, 3.63) is 182 Å². The van der Waals surface area contributed by atoms with Crippen LogP contribution < -0.4 is 0 Å². The van der Waals surface area contributed by atoms with Gasteiger partial charge in [-0.3, -0.25) is 0 Å². The van der Waals surface area contributed by atoms with Gasteiger partial charge in [-0.05, 0) is 91.0 Å². The van der Waals surface area contributed by atoms with Gasteiger partial charge in [-0.1, -0.05) is 146 Å². The Labute approximate surface area is 325 Å². The molecule has 0 atom stereocenters. The Bertz CT molecular complexity index is 3540. The number of nitrogens with zero attached hydrogens (tertiary/aromatic N) is 2. The van der Waals surface area contributed by atoms with Gasteiger partial charge in [-0.25, -0.2) is 9.97 Å². The van der Waals surface area contributed by atoms with Crippen molar-refractivity contribution in [2.24, 2.45) is 0 Å². The predicted octanol–water partition coefficient (Wildman–Crippen LogP) is 14.9. The van der Waals surface area contributed by atoms with Gasteiger partial charge < -0.3 is 4.42 Å². The summed E-state index contributed by atoms with van der Waals surface area (Å²) in [5, 5.41) is 10.7. The second-order valence-electron chi connectivity index (χ2n) is 14.5. The minimum Gasteiger partial charge on any atom is -0.456 e. The Morgan fingerprint density at radius 2 is 1.07 bits per heavy atom. The number of benzene rings is 9. The molecule has 0 fully saturated rings. The molecule has 12 aromatic rings. The fourth-order valence-electron chi connectivity index (χ4n) is 8.57. The maximum Gasteiger partial charge on any atom is 0.161 e. The third-order valence-corrected chi connectivity index (χ3v) is 12.4. The predicted molar refractivity (Wildman–Crippen MR) is 236 cm³/mol. The summed E-state index contributed by atoms with van der Waals surface area (Å²) >= 11 is 1.76. The third-order valence-electron chi connectivity index (χ3n) is 11.3. The zero-order chi connectivity index (χ0) is 36.7. The summed E-state index contributed by atoms with van der Waals surface area (Å²) in [6.07, 6.45) is 0. The molecule has 0 aliphatic rings. The second-order valence-corrected chi connectivity index (χ2v) is 15.5. The van der Waals surface area contributed by atoms with Gasteiger partial charge in [0.15, 0.2) is 5.82 Å². The zero-order valence-corrected chi connectivity index (χ0v) is 30.8. The number of furan rings is 1. The van der Waals surface area contributed by atoms with E-state index in [0.29, 0.717) is 5.82 Å². The van der Waals surface area contributed by atoms with E-state index in [9.17, 15) is 0 Å². The molecule has 0 unspecified atom stereocenters. The Morgan fingerprint density at radius 1 is 0.393 bits per heavy atom. The van der Waals surface area contributed by atoms with Crippen LogP contribution in [0, 0.1) is 0 Å². The lowest BCUT2D eigenvalue weighted by atomic mass is 9.93. The Morgan fingerprint density at radius 3 is 1.95 bits per heavy atom. The first-order valence-corrected chi connectivity index (χ1v) is 19.7. The van der Waals surface area contributed by atoms with Gasteiger partial charge in [0.1, 0.15) is 11.2 Å². The summed E-state index contributed by atoms with van der Waals surface area (Å²) in [5.41, 5.74) is 10.3. The molecule has 0 saturated carbocycles. The summed E-state index contributed by atoms with van der Waals surface area (Å²) in [5.74, 6) is 0.688. The van der Waals surface area contributed by atoms with Crippen LogP contribution in [0.25, 0.3) is 119 Å². The highest BCUT2D eigenvalue weighted by atomic mass is 32.1. The van der Waals surface area contributed by atoms with Crippen molar-refractivity contribution in [3.63, 3.8) is 0 Å². The summed E-state index contributed by atoms with van der Waals surface area (Å²) in [7, 11) is 0. The fourth-order valence-corrected chi connectivity index (χ4v) is 9.72. The number of hydrogen-bond acceptors (Lipinski definition) is 4. The smallest absolute Gasteiger partial charge is 0.161 e. The fraction of sp³-hybridized carbons (Fsp3) is 0. The van der Waals surface area contributed by atoms with E-state index < -0.39 is 0 Å². The molecule has 0 bridgehead atoms. The SMILES string of the molecule is c1ccc2cc(-c3ccc4c(c3)oc3cccc(-c5nc(-c6ccc(-c7cc8ccccc8c8ccccc78)cc6)c6sc7ccccc7c6n5)c34)ccc2c1. The van der Waals surface area contributed by atoms with Gasteiger partial charge in [-0.2, -0.15) is 0 Å². The van der Waals surface area contributed by atoms with Crippen LogP contribution >= 0.6 is 11.3 Å². The molecule has 0 aliphatic heterocycles. The monoisotopic (exact) mass is 730 g/mol. The normalized spacial score (nSPS) is 11.9. The third kappa shape index (κ3) is 4.83. The van der Waals surface area contributed by atoms with Crippen LogP contribution in [0.1, 0.15) is 0 Å². The highest BCUT2D eigenvalue weighted by molar-refractivity contribution is 7.26. The van der Waals surface area contributed by atoms with E-state index in [1.54, 1.807) is 11.3 Å². The molecule has 3 heterocycles. The van der Waals surface area contributed by atoms with Crippen molar-refractivity contribution in [3.8, 4) is 44.9 Å². The number of hydrogen-bond donors (Lipinski definition) is 0. The molecule has 4 heteroatoms. The van der Waals surface area contributed by atoms with Crippen LogP contribution in [0.3, 0.4) is 0 Å². The van der Waals surface area contributed by atoms with Gasteiger partial charge in [0.2, 0.25) is 0 Å². The van der Waals surface area contributed by atoms with Crippen LogP contribution in [0.4, 0.5) is 0 Å². The number of rotatable bonds is 4. The lowest BCUT2D eigenvalue weighted by molar-refractivity contribution is 0.669. The standard InChI is InChI=1S/C52H30N2OS/c1-2-11-34-28-35(25-20-31(34)10-1)36-26-27-41-46(30-36)55-45-18-9-17-43(48(41)45)52-53-49(51-50(54-52)42-16-7-8-19-47(42)56-51)33-23-21-32(22-24-33)44-29-37-12-3-4-13-38(37)39-14-5-6-15-40(39)44/h1-30H. The van der Waals surface area contributed by atoms with Crippen molar-refractivity contribution >= 4 is 85.9 Å². The van der Waals surface area contributed by atoms with Crippen molar-refractivity contribution in [1.82, 2.24) is 9.97 Å². The average Bonchev–Trinajstić information content (AvgIpc) is 3.84. The number of thiophene rings is 1. The largest absolute Gasteiger partial charge is 0.456 e. The van der Waals surface area contributed by atoms with Crippen LogP contribution in [0.2, 0.25) is 0 Å². The Kier molecular flexibility index (Phi) is 6.80. The lowest BCUT2D eigenvalue weighted by Crippen LogP contribution is -1.94. The van der Waals surface area contributed by atoms with E-state index in [-0.39, 0.29) is 0 Å². The van der Waals surface area contributed by atoms with Crippen molar-refractivity contribution in [1.29, 1.82) is 0 Å². The zero-order valence-electron chi connectivity index (χ0n) is 30.0. The quantitative estimate of drug-likeness (QED) is 0.169. The molecular formula is C52H30N2OS. The van der Waals surface area contributed by atoms with Crippen LogP contribution in [-0.2, 0) is 0 Å². The topological polar surface area (TPSA) is 38.9 Å². The highest BCUT2D eigenvalue weighted by Gasteiger charge is 2.20. The summed E-state index contributed by atoms with van der Waals surface area (Å²) in [4.78, 5) is 10.8. The molecule has 0 spiro atoms. The van der Waals surface area contributed by atoms with E-state index in [4.69, 9.17) is 14.4 Å². The van der Waals surface area contributed by atoms with Gasteiger partial charge in [0, 0.05) is 32.0 Å². The van der Waals surface area contributed by atoms with Gasteiger partial charge in [0.05, 0.1) is 15.9 Å². The summed E-state index contributed by atoms with van der Waals surface area (Å²) in [6, 6.07) is 65.0. The molecule has 0 amide bonds. The summed E-state index contributed by atoms with van der Waals surface area (Å²) in [6.45, 7) is 0. The van der Waals surface area contributed by atoms with Gasteiger partial charge >= 0.3 is 0 Å². The lowest BCUT2D eigenvalue weighted by Gasteiger charge is -2.12. The first-order chi connectivity index (χ1) is 27.7. The number of aromatic nitrogens is 2. The minimum atomic E-state index is 0.688. The number of fused-ring (bicyclic) bond motifs is 10. The van der Waals surface area contributed by atoms with E-state index >= 15 is 0 Å². The van der Waals surface area contributed by atoms with Gasteiger partial charge in [0.25, 0.3) is 0 Å². The first-order valence-electron chi connectivity index (χ1n) is 18.9. The van der Waals surface area contributed by atoms with Gasteiger partial charge in [-0.15, -0.1) is 11.3 Å². The molecule has 3 nitrogen and oxygen atoms in total. The average molecular weight is 731 g/mol. The maximum absolute atomic E-state index is 6.58. The van der Waals surface area contributed by atoms with E-state index in [0.717, 1.165) is 65.5 Å². The maximum atomic E-state index is 6.58. The van der Waals surface area contributed by atoms with E-state index in [1.165, 1.54) is 48.1 Å². The minimum absolute atomic E-state index is 0.688. The van der Waals surface area contributed by atoms with Crippen LogP contribution in [-0.4, -0.2) is 9.97 Å². The second kappa shape index (κ2) is 12.2. The van der Waals surface area contributed by atoms with Crippen molar-refractivity contribution in [2.45, 2.75) is 0 Å². The molecule has 260 valence electrons. The molecule has 56 heavy (non-hydrogen) atoms. The van der Waals surface area contributed by atoms with Crippen molar-refractivity contribution < 1.29 is 4.42 Å². The molecule has 0 radical (unpaired) electrons. The first kappa shape index (κ1) is 31.2. The molecule has 3 aromatic heterocycles. The molecule has 12 rings (SSSR count). The Balaban J connectivity index is 1.02. The molecule has 0 N–H and O–H groups in total. The van der Waals surface area contributed by atoms with E-state index in [2.05, 4.69) is 170 Å².